The average Bonchev–Trinajstić information content (AvgIpc) is 3.18. The second-order valence-corrected chi connectivity index (χ2v) is 5.83. The molecule has 0 fully saturated rings. The topological polar surface area (TPSA) is 74.5 Å². The van der Waals surface area contributed by atoms with Crippen LogP contribution in [0, 0.1) is 0 Å². The summed E-state index contributed by atoms with van der Waals surface area (Å²) in [4.78, 5) is 9.18. The molecule has 3 N–H and O–H groups in total. The van der Waals surface area contributed by atoms with Crippen LogP contribution in [0.4, 0.5) is 5.82 Å². The van der Waals surface area contributed by atoms with E-state index >= 15 is 0 Å². The van der Waals surface area contributed by atoms with Crippen LogP contribution in [0.2, 0.25) is 0 Å². The fourth-order valence-electron chi connectivity index (χ4n) is 2.61. The molecular weight excluding hydrogens is 326 g/mol. The minimum atomic E-state index is 0.683. The maximum Gasteiger partial charge on any atom is 0.191 e. The van der Waals surface area contributed by atoms with Crippen LogP contribution in [-0.4, -0.2) is 37.1 Å². The van der Waals surface area contributed by atoms with Gasteiger partial charge < -0.3 is 20.4 Å². The van der Waals surface area contributed by atoms with Crippen LogP contribution in [0.1, 0.15) is 12.7 Å². The first-order valence-electron chi connectivity index (χ1n) is 8.99. The SMILES string of the molecule is CCNC(=NCCc1ccco1)NCCNc1ccc2ccccc2n1. The van der Waals surface area contributed by atoms with Crippen molar-refractivity contribution in [2.75, 3.05) is 31.5 Å². The molecule has 3 rings (SSSR count). The molecule has 6 heteroatoms. The maximum atomic E-state index is 5.33. The number of anilines is 1. The van der Waals surface area contributed by atoms with Gasteiger partial charge in [-0.3, -0.25) is 4.99 Å². The number of furan rings is 1. The quantitative estimate of drug-likeness (QED) is 0.330. The highest BCUT2D eigenvalue weighted by atomic mass is 16.3. The van der Waals surface area contributed by atoms with Gasteiger partial charge >= 0.3 is 0 Å². The molecule has 0 aliphatic rings. The Hall–Kier alpha value is -3.02. The zero-order valence-electron chi connectivity index (χ0n) is 15.0. The van der Waals surface area contributed by atoms with Gasteiger partial charge in [0.25, 0.3) is 0 Å². The first kappa shape index (κ1) is 17.8. The van der Waals surface area contributed by atoms with Gasteiger partial charge in [-0.05, 0) is 37.3 Å². The molecule has 6 nitrogen and oxygen atoms in total. The predicted molar refractivity (Wildman–Crippen MR) is 107 cm³/mol. The van der Waals surface area contributed by atoms with Crippen LogP contribution in [0.25, 0.3) is 10.9 Å². The molecule has 3 aromatic rings. The lowest BCUT2D eigenvalue weighted by Crippen LogP contribution is -2.39. The number of hydrogen-bond donors (Lipinski definition) is 3. The molecule has 0 aliphatic heterocycles. The molecule has 0 amide bonds. The molecule has 136 valence electrons. The van der Waals surface area contributed by atoms with Gasteiger partial charge in [-0.15, -0.1) is 0 Å². The summed E-state index contributed by atoms with van der Waals surface area (Å²) in [5, 5.41) is 11.1. The van der Waals surface area contributed by atoms with Crippen LogP contribution in [-0.2, 0) is 6.42 Å². The van der Waals surface area contributed by atoms with Crippen molar-refractivity contribution in [2.24, 2.45) is 4.99 Å². The van der Waals surface area contributed by atoms with Crippen molar-refractivity contribution >= 4 is 22.7 Å². The Bertz CT molecular complexity index is 829. The fraction of sp³-hybridized carbons (Fsp3) is 0.300. The number of benzene rings is 1. The van der Waals surface area contributed by atoms with Crippen molar-refractivity contribution in [3.8, 4) is 0 Å². The van der Waals surface area contributed by atoms with E-state index in [-0.39, 0.29) is 0 Å². The maximum absolute atomic E-state index is 5.33. The highest BCUT2D eigenvalue weighted by molar-refractivity contribution is 5.80. The van der Waals surface area contributed by atoms with E-state index in [1.54, 1.807) is 6.26 Å². The molecule has 0 bridgehead atoms. The minimum absolute atomic E-state index is 0.683. The number of fused-ring (bicyclic) bond motifs is 1. The molecule has 0 unspecified atom stereocenters. The smallest absolute Gasteiger partial charge is 0.191 e. The molecule has 0 saturated carbocycles. The average molecular weight is 351 g/mol. The Morgan fingerprint density at radius 2 is 1.96 bits per heavy atom. The zero-order chi connectivity index (χ0) is 18.0. The van der Waals surface area contributed by atoms with Crippen molar-refractivity contribution in [3.05, 3.63) is 60.6 Å². The first-order chi connectivity index (χ1) is 12.8. The van der Waals surface area contributed by atoms with E-state index in [0.29, 0.717) is 6.54 Å². The predicted octanol–water partition coefficient (Wildman–Crippen LogP) is 3.04. The van der Waals surface area contributed by atoms with E-state index in [1.807, 2.05) is 36.4 Å². The van der Waals surface area contributed by atoms with Crippen molar-refractivity contribution in [2.45, 2.75) is 13.3 Å². The largest absolute Gasteiger partial charge is 0.469 e. The number of nitrogens with one attached hydrogen (secondary N) is 3. The molecule has 2 aromatic heterocycles. The Labute approximate surface area is 153 Å². The number of para-hydroxylation sites is 1. The van der Waals surface area contributed by atoms with Crippen molar-refractivity contribution in [1.82, 2.24) is 15.6 Å². The molecule has 0 aliphatic carbocycles. The normalized spacial score (nSPS) is 11.5. The second-order valence-electron chi connectivity index (χ2n) is 5.83. The van der Waals surface area contributed by atoms with E-state index in [0.717, 1.165) is 54.5 Å². The van der Waals surface area contributed by atoms with Gasteiger partial charge in [0.1, 0.15) is 11.6 Å². The summed E-state index contributed by atoms with van der Waals surface area (Å²) < 4.78 is 5.33. The van der Waals surface area contributed by atoms with Crippen LogP contribution in [0.5, 0.6) is 0 Å². The summed E-state index contributed by atoms with van der Waals surface area (Å²) in [6.07, 6.45) is 2.48. The minimum Gasteiger partial charge on any atom is -0.469 e. The first-order valence-corrected chi connectivity index (χ1v) is 8.99. The number of aromatic nitrogens is 1. The summed E-state index contributed by atoms with van der Waals surface area (Å²) in [5.74, 6) is 2.64. The third kappa shape index (κ3) is 5.24. The van der Waals surface area contributed by atoms with Gasteiger partial charge in [-0.1, -0.05) is 18.2 Å². The Morgan fingerprint density at radius 1 is 1.04 bits per heavy atom. The highest BCUT2D eigenvalue weighted by Gasteiger charge is 2.00. The van der Waals surface area contributed by atoms with E-state index in [1.165, 1.54) is 0 Å². The second kappa shape index (κ2) is 9.46. The van der Waals surface area contributed by atoms with Gasteiger partial charge in [-0.2, -0.15) is 0 Å². The lowest BCUT2D eigenvalue weighted by atomic mass is 10.2. The Balaban J connectivity index is 1.44. The van der Waals surface area contributed by atoms with E-state index in [2.05, 4.69) is 45.0 Å². The van der Waals surface area contributed by atoms with E-state index in [9.17, 15) is 0 Å². The third-order valence-corrected chi connectivity index (χ3v) is 3.87. The van der Waals surface area contributed by atoms with Gasteiger partial charge in [0, 0.05) is 38.0 Å². The monoisotopic (exact) mass is 351 g/mol. The summed E-state index contributed by atoms with van der Waals surface area (Å²) in [7, 11) is 0. The molecular formula is C20H25N5O. The molecule has 0 atom stereocenters. The molecule has 0 saturated heterocycles. The van der Waals surface area contributed by atoms with Crippen molar-refractivity contribution in [1.29, 1.82) is 0 Å². The Morgan fingerprint density at radius 3 is 2.81 bits per heavy atom. The summed E-state index contributed by atoms with van der Waals surface area (Å²) in [6, 6.07) is 16.1. The Kier molecular flexibility index (Phi) is 6.47. The van der Waals surface area contributed by atoms with Crippen LogP contribution in [0.15, 0.2) is 64.2 Å². The number of guanidine groups is 1. The zero-order valence-corrected chi connectivity index (χ0v) is 15.0. The van der Waals surface area contributed by atoms with Gasteiger partial charge in [-0.25, -0.2) is 4.98 Å². The molecule has 0 radical (unpaired) electrons. The number of pyridine rings is 1. The van der Waals surface area contributed by atoms with E-state index in [4.69, 9.17) is 4.42 Å². The third-order valence-electron chi connectivity index (χ3n) is 3.87. The summed E-state index contributed by atoms with van der Waals surface area (Å²) in [6.45, 7) is 5.07. The van der Waals surface area contributed by atoms with Crippen LogP contribution in [0.3, 0.4) is 0 Å². The number of aliphatic imine (C=N–C) groups is 1. The highest BCUT2D eigenvalue weighted by Crippen LogP contribution is 2.14. The lowest BCUT2D eigenvalue weighted by Gasteiger charge is -2.12. The standard InChI is InChI=1S/C20H25N5O/c1-2-21-20(23-12-11-17-7-5-15-26-17)24-14-13-22-19-10-9-16-6-3-4-8-18(16)25-19/h3-10,15H,2,11-14H2,1H3,(H,22,25)(H2,21,23,24). The number of rotatable bonds is 8. The van der Waals surface area contributed by atoms with Gasteiger partial charge in [0.2, 0.25) is 0 Å². The number of nitrogens with zero attached hydrogens (tertiary/aromatic N) is 2. The van der Waals surface area contributed by atoms with Gasteiger partial charge in [0.05, 0.1) is 11.8 Å². The molecule has 2 heterocycles. The molecule has 0 spiro atoms. The van der Waals surface area contributed by atoms with Crippen LogP contribution < -0.4 is 16.0 Å². The fourth-order valence-corrected chi connectivity index (χ4v) is 2.61. The van der Waals surface area contributed by atoms with Crippen LogP contribution >= 0.6 is 0 Å². The lowest BCUT2D eigenvalue weighted by molar-refractivity contribution is 0.510. The molecule has 1 aromatic carbocycles. The summed E-state index contributed by atoms with van der Waals surface area (Å²) in [5.41, 5.74) is 0.998. The number of hydrogen-bond acceptors (Lipinski definition) is 4. The van der Waals surface area contributed by atoms with E-state index < -0.39 is 0 Å². The molecule has 26 heavy (non-hydrogen) atoms. The van der Waals surface area contributed by atoms with Crippen molar-refractivity contribution in [3.63, 3.8) is 0 Å². The summed E-state index contributed by atoms with van der Waals surface area (Å²) >= 11 is 0. The van der Waals surface area contributed by atoms with Crippen molar-refractivity contribution < 1.29 is 4.42 Å². The van der Waals surface area contributed by atoms with Gasteiger partial charge in [0.15, 0.2) is 5.96 Å².